The average molecular weight is 361 g/mol. The van der Waals surface area contributed by atoms with Gasteiger partial charge in [-0.05, 0) is 42.7 Å². The molecule has 0 saturated heterocycles. The lowest BCUT2D eigenvalue weighted by atomic mass is 10.1. The van der Waals surface area contributed by atoms with Crippen LogP contribution < -0.4 is 5.32 Å². The highest BCUT2D eigenvalue weighted by Crippen LogP contribution is 2.29. The minimum Gasteiger partial charge on any atom is -0.464 e. The van der Waals surface area contributed by atoms with Crippen molar-refractivity contribution in [1.82, 2.24) is 5.32 Å². The molecule has 3 aromatic rings. The molecule has 0 atom stereocenters. The first-order valence-corrected chi connectivity index (χ1v) is 8.22. The SMILES string of the molecule is Cc1ccc2c(CC(=O)NCCc3ccc(C(F)(F)F)cc3)coc2c1. The molecule has 0 radical (unpaired) electrons. The van der Waals surface area contributed by atoms with E-state index in [-0.39, 0.29) is 12.3 Å². The van der Waals surface area contributed by atoms with Crippen LogP contribution in [0.2, 0.25) is 0 Å². The van der Waals surface area contributed by atoms with Gasteiger partial charge < -0.3 is 9.73 Å². The number of hydrogen-bond acceptors (Lipinski definition) is 2. The van der Waals surface area contributed by atoms with Crippen molar-refractivity contribution in [3.63, 3.8) is 0 Å². The van der Waals surface area contributed by atoms with E-state index in [4.69, 9.17) is 4.42 Å². The molecule has 1 N–H and O–H groups in total. The zero-order valence-electron chi connectivity index (χ0n) is 14.2. The van der Waals surface area contributed by atoms with E-state index in [9.17, 15) is 18.0 Å². The lowest BCUT2D eigenvalue weighted by Crippen LogP contribution is -2.27. The molecule has 1 heterocycles. The van der Waals surface area contributed by atoms with Gasteiger partial charge >= 0.3 is 6.18 Å². The second-order valence-corrected chi connectivity index (χ2v) is 6.23. The molecular weight excluding hydrogens is 343 g/mol. The Labute approximate surface area is 148 Å². The number of amides is 1. The third-order valence-corrected chi connectivity index (χ3v) is 4.18. The highest BCUT2D eigenvalue weighted by molar-refractivity contribution is 5.87. The Morgan fingerprint density at radius 3 is 2.54 bits per heavy atom. The third-order valence-electron chi connectivity index (χ3n) is 4.18. The van der Waals surface area contributed by atoms with E-state index in [1.807, 2.05) is 25.1 Å². The second kappa shape index (κ2) is 7.23. The minimum absolute atomic E-state index is 0.153. The van der Waals surface area contributed by atoms with Gasteiger partial charge in [0.1, 0.15) is 5.58 Å². The fraction of sp³-hybridized carbons (Fsp3) is 0.250. The quantitative estimate of drug-likeness (QED) is 0.718. The smallest absolute Gasteiger partial charge is 0.416 e. The average Bonchev–Trinajstić information content (AvgIpc) is 2.96. The summed E-state index contributed by atoms with van der Waals surface area (Å²) in [7, 11) is 0. The van der Waals surface area contributed by atoms with Crippen molar-refractivity contribution in [1.29, 1.82) is 0 Å². The topological polar surface area (TPSA) is 42.2 Å². The molecule has 0 unspecified atom stereocenters. The molecule has 0 aliphatic heterocycles. The molecular formula is C20H18F3NO2. The van der Waals surface area contributed by atoms with Gasteiger partial charge in [0.2, 0.25) is 5.91 Å². The van der Waals surface area contributed by atoms with Crippen LogP contribution in [0.25, 0.3) is 11.0 Å². The zero-order valence-corrected chi connectivity index (χ0v) is 14.2. The van der Waals surface area contributed by atoms with E-state index in [0.717, 1.165) is 39.8 Å². The third kappa shape index (κ3) is 4.25. The van der Waals surface area contributed by atoms with E-state index < -0.39 is 11.7 Å². The lowest BCUT2D eigenvalue weighted by Gasteiger charge is -2.08. The van der Waals surface area contributed by atoms with E-state index in [0.29, 0.717) is 13.0 Å². The van der Waals surface area contributed by atoms with Gasteiger partial charge in [-0.15, -0.1) is 0 Å². The maximum atomic E-state index is 12.5. The van der Waals surface area contributed by atoms with Crippen LogP contribution in [0.5, 0.6) is 0 Å². The summed E-state index contributed by atoms with van der Waals surface area (Å²) in [5, 5.41) is 3.70. The fourth-order valence-corrected chi connectivity index (χ4v) is 2.77. The van der Waals surface area contributed by atoms with Gasteiger partial charge in [0.25, 0.3) is 0 Å². The maximum Gasteiger partial charge on any atom is 0.416 e. The molecule has 3 rings (SSSR count). The molecule has 2 aromatic carbocycles. The Morgan fingerprint density at radius 1 is 1.12 bits per heavy atom. The van der Waals surface area contributed by atoms with Crippen LogP contribution in [0, 0.1) is 6.92 Å². The summed E-state index contributed by atoms with van der Waals surface area (Å²) in [5.74, 6) is -0.153. The van der Waals surface area contributed by atoms with Gasteiger partial charge in [-0.2, -0.15) is 13.2 Å². The number of alkyl halides is 3. The number of nitrogens with one attached hydrogen (secondary N) is 1. The maximum absolute atomic E-state index is 12.5. The van der Waals surface area contributed by atoms with Crippen LogP contribution in [-0.4, -0.2) is 12.5 Å². The minimum atomic E-state index is -4.33. The molecule has 0 bridgehead atoms. The molecule has 1 aromatic heterocycles. The van der Waals surface area contributed by atoms with Crippen molar-refractivity contribution in [3.8, 4) is 0 Å². The Balaban J connectivity index is 1.52. The predicted octanol–water partition coefficient (Wildman–Crippen LogP) is 4.66. The highest BCUT2D eigenvalue weighted by atomic mass is 19.4. The number of hydrogen-bond donors (Lipinski definition) is 1. The molecule has 0 fully saturated rings. The molecule has 1 amide bonds. The van der Waals surface area contributed by atoms with Crippen molar-refractivity contribution < 1.29 is 22.4 Å². The first kappa shape index (κ1) is 18.0. The van der Waals surface area contributed by atoms with E-state index in [2.05, 4.69) is 5.32 Å². The summed E-state index contributed by atoms with van der Waals surface area (Å²) in [6.07, 6.45) is -2.09. The molecule has 3 nitrogen and oxygen atoms in total. The van der Waals surface area contributed by atoms with E-state index in [1.54, 1.807) is 6.26 Å². The van der Waals surface area contributed by atoms with Crippen LogP contribution in [-0.2, 0) is 23.8 Å². The van der Waals surface area contributed by atoms with E-state index >= 15 is 0 Å². The molecule has 26 heavy (non-hydrogen) atoms. The summed E-state index contributed by atoms with van der Waals surface area (Å²) in [6, 6.07) is 10.8. The molecule has 6 heteroatoms. The van der Waals surface area contributed by atoms with Gasteiger partial charge in [0, 0.05) is 17.5 Å². The zero-order chi connectivity index (χ0) is 18.7. The van der Waals surface area contributed by atoms with Gasteiger partial charge in [-0.1, -0.05) is 24.3 Å². The number of halogens is 3. The predicted molar refractivity (Wildman–Crippen MR) is 92.8 cm³/mol. The van der Waals surface area contributed by atoms with Gasteiger partial charge in [0.05, 0.1) is 18.2 Å². The first-order valence-electron chi connectivity index (χ1n) is 8.22. The van der Waals surface area contributed by atoms with Crippen molar-refractivity contribution in [2.24, 2.45) is 0 Å². The van der Waals surface area contributed by atoms with Crippen molar-refractivity contribution >= 4 is 16.9 Å². The summed E-state index contributed by atoms with van der Waals surface area (Å²) in [4.78, 5) is 12.1. The number of furan rings is 1. The normalized spacial score (nSPS) is 11.7. The Kier molecular flexibility index (Phi) is 5.02. The first-order chi connectivity index (χ1) is 12.3. The Morgan fingerprint density at radius 2 is 1.85 bits per heavy atom. The van der Waals surface area contributed by atoms with Crippen molar-refractivity contribution in [3.05, 3.63) is 71.0 Å². The summed E-state index contributed by atoms with van der Waals surface area (Å²) < 4.78 is 43.1. The number of aryl methyl sites for hydroxylation is 1. The van der Waals surface area contributed by atoms with Crippen molar-refractivity contribution in [2.45, 2.75) is 25.9 Å². The summed E-state index contributed by atoms with van der Waals surface area (Å²) in [5.41, 5.74) is 2.71. The Hall–Kier alpha value is -2.76. The molecule has 0 saturated carbocycles. The van der Waals surface area contributed by atoms with Crippen molar-refractivity contribution in [2.75, 3.05) is 6.54 Å². The lowest BCUT2D eigenvalue weighted by molar-refractivity contribution is -0.137. The van der Waals surface area contributed by atoms with E-state index in [1.165, 1.54) is 12.1 Å². The molecule has 136 valence electrons. The number of fused-ring (bicyclic) bond motifs is 1. The van der Waals surface area contributed by atoms with Crippen LogP contribution in [0.15, 0.2) is 53.1 Å². The summed E-state index contributed by atoms with van der Waals surface area (Å²) in [6.45, 7) is 2.33. The molecule has 0 spiro atoms. The molecule has 0 aliphatic rings. The Bertz CT molecular complexity index is 911. The van der Waals surface area contributed by atoms with Gasteiger partial charge in [-0.3, -0.25) is 4.79 Å². The van der Waals surface area contributed by atoms with Crippen LogP contribution in [0.3, 0.4) is 0 Å². The van der Waals surface area contributed by atoms with Crippen LogP contribution in [0.1, 0.15) is 22.3 Å². The summed E-state index contributed by atoms with van der Waals surface area (Å²) >= 11 is 0. The fourth-order valence-electron chi connectivity index (χ4n) is 2.77. The molecule has 0 aliphatic carbocycles. The number of carbonyl (C=O) groups excluding carboxylic acids is 1. The standard InChI is InChI=1S/C20H18F3NO2/c1-13-2-7-17-15(12-26-18(17)10-13)11-19(25)24-9-8-14-3-5-16(6-4-14)20(21,22)23/h2-7,10,12H,8-9,11H2,1H3,(H,24,25). The second-order valence-electron chi connectivity index (χ2n) is 6.23. The van der Waals surface area contributed by atoms with Gasteiger partial charge in [-0.25, -0.2) is 0 Å². The monoisotopic (exact) mass is 361 g/mol. The van der Waals surface area contributed by atoms with Crippen LogP contribution >= 0.6 is 0 Å². The number of rotatable bonds is 5. The number of benzene rings is 2. The highest BCUT2D eigenvalue weighted by Gasteiger charge is 2.29. The van der Waals surface area contributed by atoms with Gasteiger partial charge in [0.15, 0.2) is 0 Å². The van der Waals surface area contributed by atoms with Crippen LogP contribution in [0.4, 0.5) is 13.2 Å². The largest absolute Gasteiger partial charge is 0.464 e. The number of carbonyl (C=O) groups is 1.